The van der Waals surface area contributed by atoms with E-state index in [0.29, 0.717) is 44.7 Å². The third kappa shape index (κ3) is 5.29. The summed E-state index contributed by atoms with van der Waals surface area (Å²) in [6.45, 7) is 6.23. The minimum Gasteiger partial charge on any atom is -0.497 e. The van der Waals surface area contributed by atoms with E-state index < -0.39 is 0 Å². The van der Waals surface area contributed by atoms with Gasteiger partial charge in [0, 0.05) is 62.0 Å². The molecule has 2 aliphatic rings. The number of aromatic nitrogens is 4. The highest BCUT2D eigenvalue weighted by atomic mass is 16.5. The Kier molecular flexibility index (Phi) is 6.80. The van der Waals surface area contributed by atoms with Crippen LogP contribution in [-0.2, 0) is 37.3 Å². The zero-order chi connectivity index (χ0) is 25.2. The molecule has 5 rings (SSSR count). The van der Waals surface area contributed by atoms with Crippen LogP contribution in [0.4, 0.5) is 0 Å². The molecule has 3 heterocycles. The maximum atomic E-state index is 13.1. The Balaban J connectivity index is 1.30. The van der Waals surface area contributed by atoms with Gasteiger partial charge in [0.1, 0.15) is 5.75 Å². The fourth-order valence-electron chi connectivity index (χ4n) is 4.84. The Morgan fingerprint density at radius 2 is 1.86 bits per heavy atom. The van der Waals surface area contributed by atoms with E-state index in [0.717, 1.165) is 47.7 Å². The van der Waals surface area contributed by atoms with Crippen LogP contribution >= 0.6 is 0 Å². The number of aryl methyl sites for hydroxylation is 5. The van der Waals surface area contributed by atoms with Crippen molar-refractivity contribution in [1.29, 1.82) is 0 Å². The Bertz CT molecular complexity index is 1260. The number of carbonyl (C=O) groups excluding carboxylic acids is 2. The van der Waals surface area contributed by atoms with E-state index in [-0.39, 0.29) is 17.9 Å². The van der Waals surface area contributed by atoms with Gasteiger partial charge in [0.25, 0.3) is 5.91 Å². The zero-order valence-electron chi connectivity index (χ0n) is 21.3. The van der Waals surface area contributed by atoms with E-state index in [1.54, 1.807) is 7.11 Å². The van der Waals surface area contributed by atoms with Gasteiger partial charge in [-0.05, 0) is 56.9 Å². The van der Waals surface area contributed by atoms with Gasteiger partial charge in [-0.2, -0.15) is 10.2 Å². The second-order valence-corrected chi connectivity index (χ2v) is 9.81. The molecule has 0 spiro atoms. The van der Waals surface area contributed by atoms with Crippen LogP contribution in [0.5, 0.6) is 5.75 Å². The largest absolute Gasteiger partial charge is 0.497 e. The smallest absolute Gasteiger partial charge is 0.272 e. The second-order valence-electron chi connectivity index (χ2n) is 9.81. The number of methoxy groups -OCH3 is 1. The van der Waals surface area contributed by atoms with Gasteiger partial charge >= 0.3 is 0 Å². The fraction of sp³-hybridized carbons (Fsp3) is 0.481. The second kappa shape index (κ2) is 10.2. The van der Waals surface area contributed by atoms with Crippen LogP contribution in [0.25, 0.3) is 0 Å². The summed E-state index contributed by atoms with van der Waals surface area (Å²) in [4.78, 5) is 28.0. The summed E-state index contributed by atoms with van der Waals surface area (Å²) in [5.41, 5.74) is 5.60. The number of hydrogen-bond acceptors (Lipinski definition) is 5. The first-order valence-corrected chi connectivity index (χ1v) is 12.7. The molecular formula is C27H34N6O3. The molecule has 36 heavy (non-hydrogen) atoms. The Hall–Kier alpha value is -3.62. The van der Waals surface area contributed by atoms with Gasteiger partial charge in [-0.15, -0.1) is 0 Å². The highest BCUT2D eigenvalue weighted by Crippen LogP contribution is 2.26. The summed E-state index contributed by atoms with van der Waals surface area (Å²) in [6.07, 6.45) is 3.90. The number of rotatable bonds is 9. The van der Waals surface area contributed by atoms with E-state index in [2.05, 4.69) is 22.5 Å². The van der Waals surface area contributed by atoms with Crippen molar-refractivity contribution in [3.63, 3.8) is 0 Å². The first-order valence-electron chi connectivity index (χ1n) is 12.7. The number of carbonyl (C=O) groups is 2. The molecule has 1 saturated carbocycles. The van der Waals surface area contributed by atoms with Crippen molar-refractivity contribution in [3.05, 3.63) is 64.2 Å². The molecule has 1 aliphatic carbocycles. The predicted molar refractivity (Wildman–Crippen MR) is 135 cm³/mol. The Morgan fingerprint density at radius 3 is 2.53 bits per heavy atom. The van der Waals surface area contributed by atoms with Crippen LogP contribution in [0, 0.1) is 13.8 Å². The minimum atomic E-state index is -0.131. The van der Waals surface area contributed by atoms with Crippen LogP contribution in [0.2, 0.25) is 0 Å². The normalized spacial score (nSPS) is 15.0. The Labute approximate surface area is 211 Å². The number of fused-ring (bicyclic) bond motifs is 1. The molecule has 0 bridgehead atoms. The first-order chi connectivity index (χ1) is 17.4. The number of nitrogens with zero attached hydrogens (tertiary/aromatic N) is 5. The molecule has 190 valence electrons. The molecule has 0 atom stereocenters. The van der Waals surface area contributed by atoms with Crippen molar-refractivity contribution in [1.82, 2.24) is 29.8 Å². The van der Waals surface area contributed by atoms with Gasteiger partial charge in [-0.25, -0.2) is 0 Å². The van der Waals surface area contributed by atoms with Crippen LogP contribution in [-0.4, -0.2) is 56.0 Å². The monoisotopic (exact) mass is 490 g/mol. The van der Waals surface area contributed by atoms with Gasteiger partial charge in [0.05, 0.1) is 12.8 Å². The molecule has 1 aliphatic heterocycles. The van der Waals surface area contributed by atoms with Gasteiger partial charge in [-0.1, -0.05) is 12.1 Å². The molecule has 1 fully saturated rings. The highest BCUT2D eigenvalue weighted by molar-refractivity contribution is 5.94. The molecule has 2 aromatic heterocycles. The van der Waals surface area contributed by atoms with Crippen LogP contribution in [0.1, 0.15) is 58.0 Å². The molecule has 3 aromatic rings. The maximum Gasteiger partial charge on any atom is 0.272 e. The van der Waals surface area contributed by atoms with Crippen molar-refractivity contribution < 1.29 is 14.3 Å². The average Bonchev–Trinajstić information content (AvgIpc) is 3.53. The topological polar surface area (TPSA) is 94.3 Å². The lowest BCUT2D eigenvalue weighted by molar-refractivity contribution is -0.132. The number of hydrogen-bond donors (Lipinski definition) is 1. The molecule has 0 saturated heterocycles. The number of benzene rings is 1. The molecule has 0 radical (unpaired) electrons. The molecule has 9 nitrogen and oxygen atoms in total. The molecule has 2 amide bonds. The highest BCUT2D eigenvalue weighted by Gasteiger charge is 2.32. The van der Waals surface area contributed by atoms with Gasteiger partial charge in [-0.3, -0.25) is 19.0 Å². The van der Waals surface area contributed by atoms with Gasteiger partial charge in [0.2, 0.25) is 5.91 Å². The third-order valence-corrected chi connectivity index (χ3v) is 7.03. The van der Waals surface area contributed by atoms with Crippen LogP contribution in [0.3, 0.4) is 0 Å². The average molecular weight is 491 g/mol. The third-order valence-electron chi connectivity index (χ3n) is 7.03. The van der Waals surface area contributed by atoms with Crippen LogP contribution < -0.4 is 10.1 Å². The van der Waals surface area contributed by atoms with Crippen molar-refractivity contribution in [2.75, 3.05) is 13.7 Å². The van der Waals surface area contributed by atoms with Crippen molar-refractivity contribution in [2.24, 2.45) is 0 Å². The lowest BCUT2D eigenvalue weighted by Gasteiger charge is -2.28. The SMILES string of the molecule is COc1ccc(CCn2nc(C(=O)NC3CC3)c3c2CCN(C(=O)CCn2nc(C)cc2C)C3)cc1. The number of amides is 2. The summed E-state index contributed by atoms with van der Waals surface area (Å²) in [5, 5.41) is 12.3. The van der Waals surface area contributed by atoms with E-state index in [1.165, 1.54) is 5.56 Å². The van der Waals surface area contributed by atoms with Gasteiger partial charge < -0.3 is 15.0 Å². The fourth-order valence-corrected chi connectivity index (χ4v) is 4.84. The van der Waals surface area contributed by atoms with Gasteiger partial charge in [0.15, 0.2) is 5.69 Å². The lowest BCUT2D eigenvalue weighted by atomic mass is 10.0. The first kappa shape index (κ1) is 24.1. The number of ether oxygens (including phenoxy) is 1. The maximum absolute atomic E-state index is 13.1. The quantitative estimate of drug-likeness (QED) is 0.498. The molecule has 0 unspecified atom stereocenters. The Morgan fingerprint density at radius 1 is 1.08 bits per heavy atom. The summed E-state index contributed by atoms with van der Waals surface area (Å²) in [6, 6.07) is 10.3. The predicted octanol–water partition coefficient (Wildman–Crippen LogP) is 2.81. The molecule has 9 heteroatoms. The summed E-state index contributed by atoms with van der Waals surface area (Å²) in [5.74, 6) is 0.776. The molecular weight excluding hydrogens is 456 g/mol. The van der Waals surface area contributed by atoms with E-state index in [1.807, 2.05) is 46.3 Å². The molecule has 1 aromatic carbocycles. The summed E-state index contributed by atoms with van der Waals surface area (Å²) < 4.78 is 9.11. The number of nitrogens with one attached hydrogen (secondary N) is 1. The standard InChI is InChI=1S/C27H34N6O3/c1-18-16-19(2)32(29-18)15-12-25(34)31-13-11-24-23(17-31)26(27(35)28-21-6-7-21)30-33(24)14-10-20-4-8-22(36-3)9-5-20/h4-5,8-9,16,21H,6-7,10-15,17H2,1-3H3,(H,28,35). The van der Waals surface area contributed by atoms with Crippen molar-refractivity contribution in [2.45, 2.75) is 71.6 Å². The van der Waals surface area contributed by atoms with E-state index in [4.69, 9.17) is 9.84 Å². The summed E-state index contributed by atoms with van der Waals surface area (Å²) >= 11 is 0. The minimum absolute atomic E-state index is 0.0766. The van der Waals surface area contributed by atoms with E-state index >= 15 is 0 Å². The van der Waals surface area contributed by atoms with E-state index in [9.17, 15) is 9.59 Å². The summed E-state index contributed by atoms with van der Waals surface area (Å²) in [7, 11) is 1.66. The zero-order valence-corrected chi connectivity index (χ0v) is 21.3. The van der Waals surface area contributed by atoms with Crippen molar-refractivity contribution in [3.8, 4) is 5.75 Å². The van der Waals surface area contributed by atoms with Crippen LogP contribution in [0.15, 0.2) is 30.3 Å². The molecule has 1 N–H and O–H groups in total. The van der Waals surface area contributed by atoms with Crippen molar-refractivity contribution >= 4 is 11.8 Å². The lowest BCUT2D eigenvalue weighted by Crippen LogP contribution is -2.37.